The van der Waals surface area contributed by atoms with Gasteiger partial charge in [0.1, 0.15) is 5.75 Å². The van der Waals surface area contributed by atoms with Crippen molar-refractivity contribution in [2.24, 2.45) is 11.8 Å². The fourth-order valence-corrected chi connectivity index (χ4v) is 2.61. The lowest BCUT2D eigenvalue weighted by atomic mass is 10.1. The number of carbonyl (C=O) groups is 1. The zero-order valence-electron chi connectivity index (χ0n) is 12.8. The molecule has 1 aromatic carbocycles. The molecule has 3 heteroatoms. The number of nitrogens with zero attached hydrogens (tertiary/aromatic N) is 1. The van der Waals surface area contributed by atoms with Crippen molar-refractivity contribution >= 4 is 5.91 Å². The Kier molecular flexibility index (Phi) is 5.05. The Bertz CT molecular complexity index is 439. The molecule has 0 unspecified atom stereocenters. The molecule has 1 amide bonds. The van der Waals surface area contributed by atoms with Gasteiger partial charge in [-0.25, -0.2) is 0 Å². The predicted molar refractivity (Wildman–Crippen MR) is 80.8 cm³/mol. The van der Waals surface area contributed by atoms with Crippen LogP contribution in [0.1, 0.15) is 32.3 Å². The lowest BCUT2D eigenvalue weighted by Crippen LogP contribution is -2.32. The third kappa shape index (κ3) is 3.99. The van der Waals surface area contributed by atoms with Crippen LogP contribution in [-0.2, 0) is 4.79 Å². The Morgan fingerprint density at radius 1 is 1.35 bits per heavy atom. The Labute approximate surface area is 121 Å². The Morgan fingerprint density at radius 3 is 2.70 bits per heavy atom. The molecular formula is C17H25NO2. The highest BCUT2D eigenvalue weighted by molar-refractivity contribution is 5.78. The first-order chi connectivity index (χ1) is 9.56. The average Bonchev–Trinajstić information content (AvgIpc) is 2.89. The highest BCUT2D eigenvalue weighted by Crippen LogP contribution is 2.22. The van der Waals surface area contributed by atoms with Gasteiger partial charge in [0, 0.05) is 19.0 Å². The number of hydrogen-bond donors (Lipinski definition) is 0. The van der Waals surface area contributed by atoms with Gasteiger partial charge >= 0.3 is 0 Å². The van der Waals surface area contributed by atoms with Crippen LogP contribution >= 0.6 is 0 Å². The van der Waals surface area contributed by atoms with Crippen molar-refractivity contribution in [1.29, 1.82) is 0 Å². The summed E-state index contributed by atoms with van der Waals surface area (Å²) in [5, 5.41) is 0. The molecule has 0 bridgehead atoms. The van der Waals surface area contributed by atoms with Crippen LogP contribution in [0.25, 0.3) is 0 Å². The molecule has 20 heavy (non-hydrogen) atoms. The molecule has 0 aromatic heterocycles. The fraction of sp³-hybridized carbons (Fsp3) is 0.588. The Hall–Kier alpha value is -1.51. The van der Waals surface area contributed by atoms with Gasteiger partial charge in [0.05, 0.1) is 6.61 Å². The van der Waals surface area contributed by atoms with E-state index in [9.17, 15) is 4.79 Å². The SMILES string of the molecule is Cc1ccc(OCC[C@H]2CCN(C(=O)C(C)C)C2)cc1. The molecule has 0 saturated carbocycles. The van der Waals surface area contributed by atoms with Crippen molar-refractivity contribution in [2.75, 3.05) is 19.7 Å². The molecule has 1 saturated heterocycles. The second-order valence-corrected chi connectivity index (χ2v) is 6.04. The molecule has 0 aliphatic carbocycles. The summed E-state index contributed by atoms with van der Waals surface area (Å²) in [7, 11) is 0. The summed E-state index contributed by atoms with van der Waals surface area (Å²) in [5.41, 5.74) is 1.25. The second-order valence-electron chi connectivity index (χ2n) is 6.04. The largest absolute Gasteiger partial charge is 0.494 e. The highest BCUT2D eigenvalue weighted by atomic mass is 16.5. The number of aryl methyl sites for hydroxylation is 1. The lowest BCUT2D eigenvalue weighted by molar-refractivity contribution is -0.133. The van der Waals surface area contributed by atoms with Crippen LogP contribution in [0.2, 0.25) is 0 Å². The standard InChI is InChI=1S/C17H25NO2/c1-13(2)17(19)18-10-8-15(12-18)9-11-20-16-6-4-14(3)5-7-16/h4-7,13,15H,8-12H2,1-3H3/t15-/m1/s1. The van der Waals surface area contributed by atoms with Crippen LogP contribution in [0.3, 0.4) is 0 Å². The molecule has 3 nitrogen and oxygen atoms in total. The number of rotatable bonds is 5. The topological polar surface area (TPSA) is 29.5 Å². The van der Waals surface area contributed by atoms with Crippen LogP contribution in [0.4, 0.5) is 0 Å². The molecule has 110 valence electrons. The second kappa shape index (κ2) is 6.78. The molecule has 1 fully saturated rings. The van der Waals surface area contributed by atoms with Crippen molar-refractivity contribution in [3.63, 3.8) is 0 Å². The summed E-state index contributed by atoms with van der Waals surface area (Å²) >= 11 is 0. The number of carbonyl (C=O) groups excluding carboxylic acids is 1. The van der Waals surface area contributed by atoms with Gasteiger partial charge < -0.3 is 9.64 Å². The minimum absolute atomic E-state index is 0.109. The van der Waals surface area contributed by atoms with E-state index < -0.39 is 0 Å². The minimum atomic E-state index is 0.109. The normalized spacial score (nSPS) is 18.6. The predicted octanol–water partition coefficient (Wildman–Crippen LogP) is 3.27. The zero-order chi connectivity index (χ0) is 14.5. The Morgan fingerprint density at radius 2 is 2.05 bits per heavy atom. The minimum Gasteiger partial charge on any atom is -0.494 e. The number of benzene rings is 1. The van der Waals surface area contributed by atoms with E-state index in [-0.39, 0.29) is 11.8 Å². The van der Waals surface area contributed by atoms with Crippen molar-refractivity contribution < 1.29 is 9.53 Å². The van der Waals surface area contributed by atoms with E-state index >= 15 is 0 Å². The van der Waals surface area contributed by atoms with Crippen LogP contribution in [0.5, 0.6) is 5.75 Å². The average molecular weight is 275 g/mol. The van der Waals surface area contributed by atoms with Gasteiger partial charge in [-0.3, -0.25) is 4.79 Å². The van der Waals surface area contributed by atoms with Crippen LogP contribution in [-0.4, -0.2) is 30.5 Å². The first-order valence-corrected chi connectivity index (χ1v) is 7.54. The smallest absolute Gasteiger partial charge is 0.225 e. The quantitative estimate of drug-likeness (QED) is 0.825. The van der Waals surface area contributed by atoms with E-state index in [2.05, 4.69) is 19.1 Å². The number of hydrogen-bond acceptors (Lipinski definition) is 2. The van der Waals surface area contributed by atoms with Gasteiger partial charge in [0.2, 0.25) is 5.91 Å². The molecule has 1 heterocycles. The summed E-state index contributed by atoms with van der Waals surface area (Å²) in [6, 6.07) is 8.15. The lowest BCUT2D eigenvalue weighted by Gasteiger charge is -2.18. The number of amides is 1. The maximum absolute atomic E-state index is 11.9. The van der Waals surface area contributed by atoms with E-state index in [4.69, 9.17) is 4.74 Å². The van der Waals surface area contributed by atoms with E-state index in [1.54, 1.807) is 0 Å². The molecule has 0 radical (unpaired) electrons. The van der Waals surface area contributed by atoms with Crippen LogP contribution in [0, 0.1) is 18.8 Å². The highest BCUT2D eigenvalue weighted by Gasteiger charge is 2.27. The first kappa shape index (κ1) is 14.9. The third-order valence-electron chi connectivity index (χ3n) is 3.91. The van der Waals surface area contributed by atoms with Gasteiger partial charge in [-0.1, -0.05) is 31.5 Å². The van der Waals surface area contributed by atoms with Crippen LogP contribution < -0.4 is 4.74 Å². The van der Waals surface area contributed by atoms with Crippen LogP contribution in [0.15, 0.2) is 24.3 Å². The van der Waals surface area contributed by atoms with Gasteiger partial charge in [0.15, 0.2) is 0 Å². The summed E-state index contributed by atoms with van der Waals surface area (Å²) < 4.78 is 5.76. The van der Waals surface area contributed by atoms with Crippen molar-refractivity contribution in [3.05, 3.63) is 29.8 Å². The van der Waals surface area contributed by atoms with E-state index in [1.165, 1.54) is 5.56 Å². The van der Waals surface area contributed by atoms with Gasteiger partial charge in [-0.15, -0.1) is 0 Å². The van der Waals surface area contributed by atoms with Gasteiger partial charge in [-0.2, -0.15) is 0 Å². The fourth-order valence-electron chi connectivity index (χ4n) is 2.61. The molecule has 0 N–H and O–H groups in total. The number of likely N-dealkylation sites (tertiary alicyclic amines) is 1. The van der Waals surface area contributed by atoms with Crippen molar-refractivity contribution in [1.82, 2.24) is 4.90 Å². The Balaban J connectivity index is 1.71. The van der Waals surface area contributed by atoms with E-state index in [0.29, 0.717) is 5.92 Å². The monoisotopic (exact) mass is 275 g/mol. The number of ether oxygens (including phenoxy) is 1. The molecule has 1 atom stereocenters. The van der Waals surface area contributed by atoms with E-state index in [1.807, 2.05) is 30.9 Å². The first-order valence-electron chi connectivity index (χ1n) is 7.54. The maximum atomic E-state index is 11.9. The summed E-state index contributed by atoms with van der Waals surface area (Å²) in [5.74, 6) is 1.91. The van der Waals surface area contributed by atoms with Crippen molar-refractivity contribution in [3.8, 4) is 5.75 Å². The molecule has 0 spiro atoms. The molecule has 1 aliphatic rings. The summed E-state index contributed by atoms with van der Waals surface area (Å²) in [6.45, 7) is 8.55. The molecule has 2 rings (SSSR count). The third-order valence-corrected chi connectivity index (χ3v) is 3.91. The van der Waals surface area contributed by atoms with Gasteiger partial charge in [-0.05, 0) is 37.8 Å². The zero-order valence-corrected chi connectivity index (χ0v) is 12.8. The maximum Gasteiger partial charge on any atom is 0.225 e. The molecule has 1 aliphatic heterocycles. The van der Waals surface area contributed by atoms with Crippen molar-refractivity contribution in [2.45, 2.75) is 33.6 Å². The molecule has 1 aromatic rings. The summed E-state index contributed by atoms with van der Waals surface area (Å²) in [4.78, 5) is 13.9. The van der Waals surface area contributed by atoms with E-state index in [0.717, 1.165) is 38.3 Å². The summed E-state index contributed by atoms with van der Waals surface area (Å²) in [6.07, 6.45) is 2.13. The molecular weight excluding hydrogens is 250 g/mol. The van der Waals surface area contributed by atoms with Gasteiger partial charge in [0.25, 0.3) is 0 Å².